The molecule has 1 aromatic heterocycles. The fourth-order valence-electron chi connectivity index (χ4n) is 1.66. The molecule has 0 aliphatic heterocycles. The van der Waals surface area contributed by atoms with Gasteiger partial charge in [-0.3, -0.25) is 0 Å². The number of esters is 1. The van der Waals surface area contributed by atoms with E-state index in [1.165, 1.54) is 20.4 Å². The molecule has 1 N–H and O–H groups in total. The molecular formula is C15H14N2O5. The van der Waals surface area contributed by atoms with Gasteiger partial charge >= 0.3 is 12.1 Å². The number of carbonyl (C=O) groups is 2. The Morgan fingerprint density at radius 3 is 2.45 bits per heavy atom. The van der Waals surface area contributed by atoms with E-state index >= 15 is 0 Å². The largest absolute Gasteiger partial charge is 0.465 e. The summed E-state index contributed by atoms with van der Waals surface area (Å²) in [4.78, 5) is 22.2. The van der Waals surface area contributed by atoms with Gasteiger partial charge in [-0.25, -0.2) is 15.0 Å². The van der Waals surface area contributed by atoms with Crippen molar-refractivity contribution >= 4 is 18.3 Å². The third kappa shape index (κ3) is 3.72. The molecule has 22 heavy (non-hydrogen) atoms. The van der Waals surface area contributed by atoms with Crippen LogP contribution in [0.2, 0.25) is 0 Å². The molecule has 2 aromatic rings. The Morgan fingerprint density at radius 2 is 1.82 bits per heavy atom. The van der Waals surface area contributed by atoms with Crippen molar-refractivity contribution in [3.63, 3.8) is 0 Å². The van der Waals surface area contributed by atoms with Crippen molar-refractivity contribution in [3.05, 3.63) is 47.7 Å². The van der Waals surface area contributed by atoms with Crippen LogP contribution in [-0.4, -0.2) is 32.5 Å². The quantitative estimate of drug-likeness (QED) is 0.532. The van der Waals surface area contributed by atoms with Crippen LogP contribution in [0.5, 0.6) is 0 Å². The first-order chi connectivity index (χ1) is 10.6. The molecule has 2 rings (SSSR count). The summed E-state index contributed by atoms with van der Waals surface area (Å²) >= 11 is 0. The molecule has 0 saturated carbocycles. The summed E-state index contributed by atoms with van der Waals surface area (Å²) in [6, 6.07) is 10.3. The van der Waals surface area contributed by atoms with Crippen molar-refractivity contribution < 1.29 is 23.5 Å². The highest BCUT2D eigenvalue weighted by Crippen LogP contribution is 2.22. The molecule has 7 heteroatoms. The lowest BCUT2D eigenvalue weighted by Crippen LogP contribution is -2.16. The molecule has 114 valence electrons. The van der Waals surface area contributed by atoms with E-state index in [-0.39, 0.29) is 0 Å². The number of nitrogens with one attached hydrogen (secondary N) is 1. The van der Waals surface area contributed by atoms with Gasteiger partial charge in [0.1, 0.15) is 11.5 Å². The van der Waals surface area contributed by atoms with Crippen molar-refractivity contribution in [2.45, 2.75) is 0 Å². The SMILES string of the molecule is COC(=O)N/N=C\c1ccc(-c2ccc(C(=O)OC)cc2)o1. The van der Waals surface area contributed by atoms with Gasteiger partial charge in [-0.15, -0.1) is 0 Å². The first kappa shape index (κ1) is 15.3. The summed E-state index contributed by atoms with van der Waals surface area (Å²) < 4.78 is 14.6. The minimum absolute atomic E-state index is 0.396. The average molecular weight is 302 g/mol. The third-order valence-electron chi connectivity index (χ3n) is 2.75. The molecule has 0 atom stereocenters. The van der Waals surface area contributed by atoms with Crippen molar-refractivity contribution in [1.29, 1.82) is 0 Å². The number of benzene rings is 1. The Labute approximate surface area is 126 Å². The summed E-state index contributed by atoms with van der Waals surface area (Å²) in [6.07, 6.45) is 0.685. The highest BCUT2D eigenvalue weighted by atomic mass is 16.5. The molecule has 0 aliphatic rings. The van der Waals surface area contributed by atoms with E-state index < -0.39 is 12.1 Å². The lowest BCUT2D eigenvalue weighted by Gasteiger charge is -2.00. The topological polar surface area (TPSA) is 90.1 Å². The molecule has 0 bridgehead atoms. The van der Waals surface area contributed by atoms with E-state index in [1.54, 1.807) is 36.4 Å². The number of amides is 1. The van der Waals surface area contributed by atoms with Crippen LogP contribution >= 0.6 is 0 Å². The number of hydrazone groups is 1. The number of ether oxygens (including phenoxy) is 2. The first-order valence-electron chi connectivity index (χ1n) is 6.29. The maximum absolute atomic E-state index is 11.4. The zero-order chi connectivity index (χ0) is 15.9. The van der Waals surface area contributed by atoms with Crippen LogP contribution in [0, 0.1) is 0 Å². The molecular weight excluding hydrogens is 288 g/mol. The van der Waals surface area contributed by atoms with Gasteiger partial charge in [-0.05, 0) is 24.3 Å². The van der Waals surface area contributed by atoms with Crippen LogP contribution in [0.25, 0.3) is 11.3 Å². The Hall–Kier alpha value is -3.09. The normalized spacial score (nSPS) is 10.5. The smallest absolute Gasteiger partial charge is 0.427 e. The van der Waals surface area contributed by atoms with E-state index in [1.807, 2.05) is 0 Å². The van der Waals surface area contributed by atoms with Gasteiger partial charge in [0.05, 0.1) is 26.0 Å². The van der Waals surface area contributed by atoms with Crippen LogP contribution in [0.4, 0.5) is 4.79 Å². The van der Waals surface area contributed by atoms with E-state index in [9.17, 15) is 9.59 Å². The van der Waals surface area contributed by atoms with Crippen LogP contribution in [0.1, 0.15) is 16.1 Å². The highest BCUT2D eigenvalue weighted by molar-refractivity contribution is 5.89. The fraction of sp³-hybridized carbons (Fsp3) is 0.133. The maximum Gasteiger partial charge on any atom is 0.427 e. The second kappa shape index (κ2) is 7.07. The standard InChI is InChI=1S/C15H14N2O5/c1-20-14(18)11-5-3-10(4-6-11)13-8-7-12(22-13)9-16-17-15(19)21-2/h3-9H,1-2H3,(H,17,19)/b16-9-. The molecule has 0 unspecified atom stereocenters. The monoisotopic (exact) mass is 302 g/mol. The van der Waals surface area contributed by atoms with E-state index in [0.29, 0.717) is 17.1 Å². The van der Waals surface area contributed by atoms with Crippen LogP contribution in [0.15, 0.2) is 45.9 Å². The number of hydrogen-bond donors (Lipinski definition) is 1. The highest BCUT2D eigenvalue weighted by Gasteiger charge is 2.07. The summed E-state index contributed by atoms with van der Waals surface area (Å²) in [5.41, 5.74) is 3.41. The number of hydrogen-bond acceptors (Lipinski definition) is 6. The summed E-state index contributed by atoms with van der Waals surface area (Å²) in [5.74, 6) is 0.673. The first-order valence-corrected chi connectivity index (χ1v) is 6.29. The third-order valence-corrected chi connectivity index (χ3v) is 2.75. The predicted octanol–water partition coefficient (Wildman–Crippen LogP) is 2.42. The molecule has 1 heterocycles. The van der Waals surface area contributed by atoms with Gasteiger partial charge in [0.15, 0.2) is 0 Å². The van der Waals surface area contributed by atoms with Crippen LogP contribution in [-0.2, 0) is 9.47 Å². The van der Waals surface area contributed by atoms with E-state index in [4.69, 9.17) is 4.42 Å². The molecule has 0 saturated heterocycles. The zero-order valence-corrected chi connectivity index (χ0v) is 12.0. The molecule has 0 aliphatic carbocycles. The van der Waals surface area contributed by atoms with Crippen molar-refractivity contribution in [2.24, 2.45) is 5.10 Å². The lowest BCUT2D eigenvalue weighted by atomic mass is 10.1. The molecule has 0 radical (unpaired) electrons. The predicted molar refractivity (Wildman–Crippen MR) is 78.6 cm³/mol. The summed E-state index contributed by atoms with van der Waals surface area (Å²) in [5, 5.41) is 3.66. The van der Waals surface area contributed by atoms with Crippen LogP contribution < -0.4 is 5.43 Å². The minimum Gasteiger partial charge on any atom is -0.465 e. The fourth-order valence-corrected chi connectivity index (χ4v) is 1.66. The minimum atomic E-state index is -0.665. The van der Waals surface area contributed by atoms with Gasteiger partial charge in [0.25, 0.3) is 0 Å². The van der Waals surface area contributed by atoms with E-state index in [0.717, 1.165) is 5.56 Å². The lowest BCUT2D eigenvalue weighted by molar-refractivity contribution is 0.0600. The molecule has 0 fully saturated rings. The molecule has 1 aromatic carbocycles. The molecule has 1 amide bonds. The van der Waals surface area contributed by atoms with Gasteiger partial charge in [0, 0.05) is 5.56 Å². The molecule has 0 spiro atoms. The van der Waals surface area contributed by atoms with Gasteiger partial charge in [-0.1, -0.05) is 12.1 Å². The van der Waals surface area contributed by atoms with Gasteiger partial charge < -0.3 is 13.9 Å². The van der Waals surface area contributed by atoms with E-state index in [2.05, 4.69) is 20.0 Å². The number of rotatable bonds is 4. The second-order valence-corrected chi connectivity index (χ2v) is 4.13. The van der Waals surface area contributed by atoms with Crippen molar-refractivity contribution in [2.75, 3.05) is 14.2 Å². The van der Waals surface area contributed by atoms with Crippen molar-refractivity contribution in [3.8, 4) is 11.3 Å². The number of methoxy groups -OCH3 is 2. The Kier molecular flexibility index (Phi) is 4.92. The molecule has 7 nitrogen and oxygen atoms in total. The number of carbonyl (C=O) groups excluding carboxylic acids is 2. The average Bonchev–Trinajstić information content (AvgIpc) is 3.03. The summed E-state index contributed by atoms with van der Waals surface area (Å²) in [6.45, 7) is 0. The summed E-state index contributed by atoms with van der Waals surface area (Å²) in [7, 11) is 2.57. The van der Waals surface area contributed by atoms with Gasteiger partial charge in [-0.2, -0.15) is 5.10 Å². The maximum atomic E-state index is 11.4. The Balaban J connectivity index is 2.08. The van der Waals surface area contributed by atoms with Crippen molar-refractivity contribution in [1.82, 2.24) is 5.43 Å². The second-order valence-electron chi connectivity index (χ2n) is 4.13. The number of nitrogens with zero attached hydrogens (tertiary/aromatic N) is 1. The Morgan fingerprint density at radius 1 is 1.09 bits per heavy atom. The Bertz CT molecular complexity index is 688. The van der Waals surface area contributed by atoms with Gasteiger partial charge in [0.2, 0.25) is 0 Å². The number of furan rings is 1. The van der Waals surface area contributed by atoms with Crippen LogP contribution in [0.3, 0.4) is 0 Å². The zero-order valence-electron chi connectivity index (χ0n) is 12.0.